The summed E-state index contributed by atoms with van der Waals surface area (Å²) in [4.78, 5) is 14.6. The Morgan fingerprint density at radius 1 is 1.33 bits per heavy atom. The first-order valence-electron chi connectivity index (χ1n) is 7.85. The average Bonchev–Trinajstić information content (AvgIpc) is 2.48. The second-order valence-electron chi connectivity index (χ2n) is 6.38. The molecule has 0 aromatic heterocycles. The SMILES string of the molecule is CC1CCCC(N(C)C(C)C(=O)Nc2ccc(N)cc2)C1. The summed E-state index contributed by atoms with van der Waals surface area (Å²) in [7, 11) is 2.07. The maximum absolute atomic E-state index is 12.4. The van der Waals surface area contributed by atoms with Crippen LogP contribution in [0.15, 0.2) is 24.3 Å². The lowest BCUT2D eigenvalue weighted by Crippen LogP contribution is -2.46. The van der Waals surface area contributed by atoms with Crippen LogP contribution in [-0.2, 0) is 4.79 Å². The van der Waals surface area contributed by atoms with Gasteiger partial charge in [0.15, 0.2) is 0 Å². The largest absolute Gasteiger partial charge is 0.399 e. The first-order valence-corrected chi connectivity index (χ1v) is 7.85. The molecule has 1 aliphatic carbocycles. The lowest BCUT2D eigenvalue weighted by Gasteiger charge is -2.37. The van der Waals surface area contributed by atoms with Crippen LogP contribution in [0.1, 0.15) is 39.5 Å². The summed E-state index contributed by atoms with van der Waals surface area (Å²) in [5.74, 6) is 0.805. The first kappa shape index (κ1) is 15.8. The number of hydrogen-bond donors (Lipinski definition) is 2. The number of benzene rings is 1. The van der Waals surface area contributed by atoms with E-state index in [1.807, 2.05) is 19.1 Å². The average molecular weight is 289 g/mol. The van der Waals surface area contributed by atoms with Crippen LogP contribution in [0.4, 0.5) is 11.4 Å². The molecule has 116 valence electrons. The summed E-state index contributed by atoms with van der Waals surface area (Å²) in [6.45, 7) is 4.28. The Morgan fingerprint density at radius 2 is 2.00 bits per heavy atom. The summed E-state index contributed by atoms with van der Waals surface area (Å²) in [6, 6.07) is 7.66. The zero-order valence-electron chi connectivity index (χ0n) is 13.3. The number of amides is 1. The minimum absolute atomic E-state index is 0.0421. The molecule has 0 saturated heterocycles. The number of nitrogens with one attached hydrogen (secondary N) is 1. The molecule has 1 amide bonds. The van der Waals surface area contributed by atoms with Crippen LogP contribution in [0.3, 0.4) is 0 Å². The van der Waals surface area contributed by atoms with E-state index in [0.29, 0.717) is 11.7 Å². The minimum Gasteiger partial charge on any atom is -0.399 e. The number of hydrogen-bond acceptors (Lipinski definition) is 3. The Labute approximate surface area is 127 Å². The van der Waals surface area contributed by atoms with E-state index in [1.54, 1.807) is 12.1 Å². The lowest BCUT2D eigenvalue weighted by atomic mass is 9.86. The van der Waals surface area contributed by atoms with Crippen molar-refractivity contribution >= 4 is 17.3 Å². The van der Waals surface area contributed by atoms with Crippen molar-refractivity contribution in [2.24, 2.45) is 5.92 Å². The third-order valence-electron chi connectivity index (χ3n) is 4.65. The molecule has 1 aromatic carbocycles. The number of anilines is 2. The molecule has 21 heavy (non-hydrogen) atoms. The molecular weight excluding hydrogens is 262 g/mol. The Hall–Kier alpha value is -1.55. The van der Waals surface area contributed by atoms with Crippen molar-refractivity contribution in [2.75, 3.05) is 18.1 Å². The van der Waals surface area contributed by atoms with E-state index in [-0.39, 0.29) is 11.9 Å². The second-order valence-corrected chi connectivity index (χ2v) is 6.38. The molecule has 3 N–H and O–H groups in total. The van der Waals surface area contributed by atoms with Crippen molar-refractivity contribution in [3.8, 4) is 0 Å². The van der Waals surface area contributed by atoms with Gasteiger partial charge in [-0.1, -0.05) is 19.8 Å². The third-order valence-corrected chi connectivity index (χ3v) is 4.65. The fourth-order valence-corrected chi connectivity index (χ4v) is 3.09. The van der Waals surface area contributed by atoms with Gasteiger partial charge in [0.05, 0.1) is 6.04 Å². The molecule has 4 heteroatoms. The number of nitrogens with two attached hydrogens (primary N) is 1. The van der Waals surface area contributed by atoms with Crippen LogP contribution in [0.2, 0.25) is 0 Å². The van der Waals surface area contributed by atoms with Gasteiger partial charge >= 0.3 is 0 Å². The highest BCUT2D eigenvalue weighted by molar-refractivity contribution is 5.94. The van der Waals surface area contributed by atoms with Crippen molar-refractivity contribution in [1.29, 1.82) is 0 Å². The molecule has 0 aliphatic heterocycles. The molecule has 2 rings (SSSR count). The molecule has 4 nitrogen and oxygen atoms in total. The summed E-state index contributed by atoms with van der Waals surface area (Å²) in [5, 5.41) is 2.96. The second kappa shape index (κ2) is 6.94. The first-order chi connectivity index (χ1) is 9.97. The Morgan fingerprint density at radius 3 is 2.62 bits per heavy atom. The van der Waals surface area contributed by atoms with Crippen molar-refractivity contribution < 1.29 is 4.79 Å². The Kier molecular flexibility index (Phi) is 5.23. The highest BCUT2D eigenvalue weighted by Gasteiger charge is 2.28. The predicted molar refractivity (Wildman–Crippen MR) is 88.1 cm³/mol. The van der Waals surface area contributed by atoms with Crippen LogP contribution in [-0.4, -0.2) is 29.9 Å². The number of likely N-dealkylation sites (N-methyl/N-ethyl adjacent to an activating group) is 1. The molecule has 3 atom stereocenters. The number of rotatable bonds is 4. The van der Waals surface area contributed by atoms with Gasteiger partial charge in [-0.3, -0.25) is 9.69 Å². The van der Waals surface area contributed by atoms with E-state index >= 15 is 0 Å². The predicted octanol–water partition coefficient (Wildman–Crippen LogP) is 3.11. The van der Waals surface area contributed by atoms with Gasteiger partial charge < -0.3 is 11.1 Å². The van der Waals surface area contributed by atoms with Gasteiger partial charge in [-0.05, 0) is 57.0 Å². The van der Waals surface area contributed by atoms with Crippen molar-refractivity contribution in [1.82, 2.24) is 4.90 Å². The monoisotopic (exact) mass is 289 g/mol. The molecule has 3 unspecified atom stereocenters. The van der Waals surface area contributed by atoms with E-state index < -0.39 is 0 Å². The summed E-state index contributed by atoms with van der Waals surface area (Å²) < 4.78 is 0. The van der Waals surface area contributed by atoms with Gasteiger partial charge in [0.1, 0.15) is 0 Å². The third kappa shape index (κ3) is 4.21. The number of nitrogen functional groups attached to an aromatic ring is 1. The highest BCUT2D eigenvalue weighted by atomic mass is 16.2. The fraction of sp³-hybridized carbons (Fsp3) is 0.588. The van der Waals surface area contributed by atoms with Crippen LogP contribution in [0.5, 0.6) is 0 Å². The van der Waals surface area contributed by atoms with Gasteiger partial charge in [-0.2, -0.15) is 0 Å². The zero-order chi connectivity index (χ0) is 15.4. The Balaban J connectivity index is 1.93. The van der Waals surface area contributed by atoms with E-state index in [9.17, 15) is 4.79 Å². The van der Waals surface area contributed by atoms with Crippen molar-refractivity contribution in [2.45, 2.75) is 51.6 Å². The lowest BCUT2D eigenvalue weighted by molar-refractivity contribution is -0.121. The number of carbonyl (C=O) groups is 1. The van der Waals surface area contributed by atoms with E-state index in [4.69, 9.17) is 5.73 Å². The van der Waals surface area contributed by atoms with Crippen LogP contribution in [0, 0.1) is 5.92 Å². The quantitative estimate of drug-likeness (QED) is 0.837. The highest BCUT2D eigenvalue weighted by Crippen LogP contribution is 2.27. The molecule has 0 heterocycles. The summed E-state index contributed by atoms with van der Waals surface area (Å²) >= 11 is 0. The molecule has 1 fully saturated rings. The van der Waals surface area contributed by atoms with Gasteiger partial charge in [0.25, 0.3) is 0 Å². The van der Waals surface area contributed by atoms with Crippen molar-refractivity contribution in [3.63, 3.8) is 0 Å². The number of nitrogens with zero attached hydrogens (tertiary/aromatic N) is 1. The van der Waals surface area contributed by atoms with Crippen molar-refractivity contribution in [3.05, 3.63) is 24.3 Å². The maximum atomic E-state index is 12.4. The standard InChI is InChI=1S/C17H27N3O/c1-12-5-4-6-16(11-12)20(3)13(2)17(21)19-15-9-7-14(18)8-10-15/h7-10,12-13,16H,4-6,11,18H2,1-3H3,(H,19,21). The topological polar surface area (TPSA) is 58.4 Å². The van der Waals surface area contributed by atoms with Crippen LogP contribution >= 0.6 is 0 Å². The molecule has 0 bridgehead atoms. The van der Waals surface area contributed by atoms with Gasteiger partial charge in [-0.25, -0.2) is 0 Å². The van der Waals surface area contributed by atoms with E-state index in [1.165, 1.54) is 25.7 Å². The molecule has 1 saturated carbocycles. The van der Waals surface area contributed by atoms with Gasteiger partial charge in [-0.15, -0.1) is 0 Å². The molecule has 0 radical (unpaired) electrons. The van der Waals surface area contributed by atoms with E-state index in [0.717, 1.165) is 11.6 Å². The van der Waals surface area contributed by atoms with Gasteiger partial charge in [0.2, 0.25) is 5.91 Å². The smallest absolute Gasteiger partial charge is 0.241 e. The fourth-order valence-electron chi connectivity index (χ4n) is 3.09. The molecular formula is C17H27N3O. The molecule has 0 spiro atoms. The summed E-state index contributed by atoms with van der Waals surface area (Å²) in [5.41, 5.74) is 7.16. The van der Waals surface area contributed by atoms with E-state index in [2.05, 4.69) is 24.2 Å². The van der Waals surface area contributed by atoms with Crippen LogP contribution < -0.4 is 11.1 Å². The molecule has 1 aliphatic rings. The minimum atomic E-state index is -0.127. The number of carbonyl (C=O) groups excluding carboxylic acids is 1. The Bertz CT molecular complexity index is 471. The van der Waals surface area contributed by atoms with Crippen LogP contribution in [0.25, 0.3) is 0 Å². The normalized spacial score (nSPS) is 23.8. The maximum Gasteiger partial charge on any atom is 0.241 e. The summed E-state index contributed by atoms with van der Waals surface area (Å²) in [6.07, 6.45) is 4.97. The molecule has 1 aromatic rings. The van der Waals surface area contributed by atoms with Gasteiger partial charge in [0, 0.05) is 17.4 Å². The zero-order valence-corrected chi connectivity index (χ0v) is 13.3.